The number of aliphatic hydroxyl groups is 1. The maximum Gasteiger partial charge on any atom is 0.421 e. The molecule has 2 saturated heterocycles. The quantitative estimate of drug-likeness (QED) is 0.867. The number of hydrogen-bond donors (Lipinski definition) is 1. The van der Waals surface area contributed by atoms with Gasteiger partial charge < -0.3 is 14.7 Å². The van der Waals surface area contributed by atoms with E-state index in [9.17, 15) is 23.1 Å². The number of piperazine rings is 1. The van der Waals surface area contributed by atoms with Crippen LogP contribution in [0.3, 0.4) is 0 Å². The molecular weight excluding hydrogens is 361 g/mol. The first-order chi connectivity index (χ1) is 12.6. The highest BCUT2D eigenvalue weighted by Crippen LogP contribution is 2.38. The number of carbonyl (C=O) groups is 1. The summed E-state index contributed by atoms with van der Waals surface area (Å²) in [6, 6.07) is 5.43. The SMILES string of the molecule is C[C@@H]1CN(C2CCOC2)CCN1C(=O)c1ccc([C@](C)(O)C(F)(F)F)cc1. The van der Waals surface area contributed by atoms with E-state index in [2.05, 4.69) is 4.90 Å². The van der Waals surface area contributed by atoms with E-state index in [1.54, 1.807) is 4.90 Å². The maximum absolute atomic E-state index is 12.9. The summed E-state index contributed by atoms with van der Waals surface area (Å²) in [6.45, 7) is 6.25. The molecule has 0 radical (unpaired) electrons. The molecule has 27 heavy (non-hydrogen) atoms. The van der Waals surface area contributed by atoms with Crippen molar-refractivity contribution in [1.29, 1.82) is 0 Å². The second-order valence-corrected chi connectivity index (χ2v) is 7.51. The monoisotopic (exact) mass is 386 g/mol. The highest BCUT2D eigenvalue weighted by molar-refractivity contribution is 5.94. The van der Waals surface area contributed by atoms with Crippen molar-refractivity contribution >= 4 is 5.91 Å². The third-order valence-corrected chi connectivity index (χ3v) is 5.59. The molecule has 8 heteroatoms. The van der Waals surface area contributed by atoms with Crippen molar-refractivity contribution in [2.24, 2.45) is 0 Å². The Morgan fingerprint density at radius 3 is 2.41 bits per heavy atom. The van der Waals surface area contributed by atoms with Crippen LogP contribution in [0.15, 0.2) is 24.3 Å². The van der Waals surface area contributed by atoms with Crippen LogP contribution in [-0.4, -0.2) is 71.9 Å². The van der Waals surface area contributed by atoms with Crippen LogP contribution in [0.25, 0.3) is 0 Å². The highest BCUT2D eigenvalue weighted by Gasteiger charge is 2.51. The van der Waals surface area contributed by atoms with E-state index in [1.807, 2.05) is 6.92 Å². The highest BCUT2D eigenvalue weighted by atomic mass is 19.4. The predicted octanol–water partition coefficient (Wildman–Crippen LogP) is 2.39. The van der Waals surface area contributed by atoms with Crippen LogP contribution >= 0.6 is 0 Å². The molecule has 1 unspecified atom stereocenters. The van der Waals surface area contributed by atoms with E-state index in [4.69, 9.17) is 4.74 Å². The Morgan fingerprint density at radius 1 is 1.22 bits per heavy atom. The summed E-state index contributed by atoms with van der Waals surface area (Å²) in [6.07, 6.45) is -3.78. The Labute approximate surface area is 156 Å². The van der Waals surface area contributed by atoms with Gasteiger partial charge in [0.05, 0.1) is 6.61 Å². The van der Waals surface area contributed by atoms with Gasteiger partial charge in [0.25, 0.3) is 5.91 Å². The number of rotatable bonds is 3. The predicted molar refractivity (Wildman–Crippen MR) is 93.4 cm³/mol. The first kappa shape index (κ1) is 20.1. The summed E-state index contributed by atoms with van der Waals surface area (Å²) in [5.41, 5.74) is -2.91. The number of ether oxygens (including phenoxy) is 1. The number of carbonyl (C=O) groups excluding carboxylic acids is 1. The van der Waals surface area contributed by atoms with Gasteiger partial charge in [-0.3, -0.25) is 9.69 Å². The third-order valence-electron chi connectivity index (χ3n) is 5.59. The molecule has 0 aliphatic carbocycles. The van der Waals surface area contributed by atoms with E-state index in [1.165, 1.54) is 12.1 Å². The fraction of sp³-hybridized carbons (Fsp3) is 0.632. The van der Waals surface area contributed by atoms with Gasteiger partial charge in [0.2, 0.25) is 0 Å². The molecule has 1 aromatic carbocycles. The first-order valence-corrected chi connectivity index (χ1v) is 9.13. The van der Waals surface area contributed by atoms with E-state index < -0.39 is 11.8 Å². The van der Waals surface area contributed by atoms with Gasteiger partial charge in [-0.25, -0.2) is 0 Å². The zero-order chi connectivity index (χ0) is 19.8. The average molecular weight is 386 g/mol. The Bertz CT molecular complexity index is 670. The lowest BCUT2D eigenvalue weighted by molar-refractivity contribution is -0.258. The Balaban J connectivity index is 1.67. The number of alkyl halides is 3. The average Bonchev–Trinajstić information content (AvgIpc) is 3.15. The fourth-order valence-corrected chi connectivity index (χ4v) is 3.70. The maximum atomic E-state index is 12.9. The molecule has 0 bridgehead atoms. The van der Waals surface area contributed by atoms with Crippen LogP contribution < -0.4 is 0 Å². The Morgan fingerprint density at radius 2 is 1.89 bits per heavy atom. The van der Waals surface area contributed by atoms with Crippen molar-refractivity contribution in [3.63, 3.8) is 0 Å². The molecule has 0 spiro atoms. The minimum absolute atomic E-state index is 0.00445. The Hall–Kier alpha value is -1.64. The van der Waals surface area contributed by atoms with Gasteiger partial charge in [-0.15, -0.1) is 0 Å². The zero-order valence-electron chi connectivity index (χ0n) is 15.5. The van der Waals surface area contributed by atoms with Crippen LogP contribution in [0.1, 0.15) is 36.2 Å². The van der Waals surface area contributed by atoms with Gasteiger partial charge in [0.15, 0.2) is 5.60 Å². The number of amides is 1. The van der Waals surface area contributed by atoms with E-state index in [-0.39, 0.29) is 17.5 Å². The molecule has 3 rings (SSSR count). The molecular formula is C19H25F3N2O3. The summed E-state index contributed by atoms with van der Waals surface area (Å²) in [5, 5.41) is 9.74. The molecule has 2 fully saturated rings. The smallest absolute Gasteiger partial charge is 0.380 e. The lowest BCUT2D eigenvalue weighted by Gasteiger charge is -2.42. The lowest BCUT2D eigenvalue weighted by Crippen LogP contribution is -2.56. The van der Waals surface area contributed by atoms with E-state index in [0.29, 0.717) is 25.1 Å². The van der Waals surface area contributed by atoms with Crippen LogP contribution in [0.4, 0.5) is 13.2 Å². The van der Waals surface area contributed by atoms with Gasteiger partial charge in [-0.1, -0.05) is 12.1 Å². The van der Waals surface area contributed by atoms with Gasteiger partial charge in [-0.2, -0.15) is 13.2 Å². The number of benzene rings is 1. The summed E-state index contributed by atoms with van der Waals surface area (Å²) in [5.74, 6) is -0.206. The van der Waals surface area contributed by atoms with Gasteiger partial charge >= 0.3 is 6.18 Å². The number of nitrogens with zero attached hydrogens (tertiary/aromatic N) is 2. The molecule has 2 heterocycles. The van der Waals surface area contributed by atoms with Crippen molar-refractivity contribution in [2.75, 3.05) is 32.8 Å². The minimum atomic E-state index is -4.78. The first-order valence-electron chi connectivity index (χ1n) is 9.13. The van der Waals surface area contributed by atoms with Gasteiger partial charge in [0, 0.05) is 43.9 Å². The molecule has 1 amide bonds. The van der Waals surface area contributed by atoms with Gasteiger partial charge in [0.1, 0.15) is 0 Å². The van der Waals surface area contributed by atoms with Gasteiger partial charge in [-0.05, 0) is 38.0 Å². The topological polar surface area (TPSA) is 53.0 Å². The van der Waals surface area contributed by atoms with E-state index >= 15 is 0 Å². The van der Waals surface area contributed by atoms with Crippen molar-refractivity contribution in [2.45, 2.75) is 44.1 Å². The molecule has 0 saturated carbocycles. The third kappa shape index (κ3) is 3.97. The molecule has 1 aromatic rings. The summed E-state index contributed by atoms with van der Waals surface area (Å²) in [4.78, 5) is 16.9. The summed E-state index contributed by atoms with van der Waals surface area (Å²) in [7, 11) is 0. The second kappa shape index (κ2) is 7.41. The minimum Gasteiger partial charge on any atom is -0.380 e. The molecule has 150 valence electrons. The molecule has 3 atom stereocenters. The van der Waals surface area contributed by atoms with Crippen LogP contribution in [0.5, 0.6) is 0 Å². The molecule has 1 N–H and O–H groups in total. The normalized spacial score (nSPS) is 26.8. The zero-order valence-corrected chi connectivity index (χ0v) is 15.5. The van der Waals surface area contributed by atoms with Crippen LogP contribution in [-0.2, 0) is 10.3 Å². The lowest BCUT2D eigenvalue weighted by atomic mass is 9.94. The Kier molecular flexibility index (Phi) is 5.52. The second-order valence-electron chi connectivity index (χ2n) is 7.51. The number of halogens is 3. The molecule has 2 aliphatic rings. The van der Waals surface area contributed by atoms with Crippen molar-refractivity contribution in [3.8, 4) is 0 Å². The van der Waals surface area contributed by atoms with Crippen molar-refractivity contribution < 1.29 is 27.8 Å². The number of hydrogen-bond acceptors (Lipinski definition) is 4. The molecule has 2 aliphatic heterocycles. The molecule has 5 nitrogen and oxygen atoms in total. The largest absolute Gasteiger partial charge is 0.421 e. The fourth-order valence-electron chi connectivity index (χ4n) is 3.70. The van der Waals surface area contributed by atoms with Crippen molar-refractivity contribution in [3.05, 3.63) is 35.4 Å². The van der Waals surface area contributed by atoms with Crippen LogP contribution in [0.2, 0.25) is 0 Å². The standard InChI is InChI=1S/C19H25F3N2O3/c1-13-11-23(16-7-10-27-12-16)8-9-24(13)17(25)14-3-5-15(6-4-14)18(2,26)19(20,21)22/h3-6,13,16,26H,7-12H2,1-2H3/t13-,16?,18+/m1/s1. The molecule has 0 aromatic heterocycles. The van der Waals surface area contributed by atoms with Crippen LogP contribution in [0, 0.1) is 0 Å². The summed E-state index contributed by atoms with van der Waals surface area (Å²) >= 11 is 0. The summed E-state index contributed by atoms with van der Waals surface area (Å²) < 4.78 is 44.3. The van der Waals surface area contributed by atoms with Crippen molar-refractivity contribution in [1.82, 2.24) is 9.80 Å². The van der Waals surface area contributed by atoms with E-state index in [0.717, 1.165) is 44.9 Å².